The monoisotopic (exact) mass is 244 g/mol. The van der Waals surface area contributed by atoms with Gasteiger partial charge in [-0.2, -0.15) is 0 Å². The fraction of sp³-hybridized carbons (Fsp3) is 0.375. The maximum Gasteiger partial charge on any atom is 0.115 e. The number of phenolic OH excluding ortho intramolecular Hbond substituents is 1. The number of rotatable bonds is 2. The van der Waals surface area contributed by atoms with Crippen molar-refractivity contribution >= 4 is 0 Å². The molecule has 0 bridgehead atoms. The van der Waals surface area contributed by atoms with E-state index >= 15 is 0 Å². The molecular weight excluding hydrogens is 224 g/mol. The zero-order valence-electron chi connectivity index (χ0n) is 11.1. The van der Waals surface area contributed by atoms with Gasteiger partial charge < -0.3 is 10.2 Å². The summed E-state index contributed by atoms with van der Waals surface area (Å²) in [7, 11) is 0. The Morgan fingerprint density at radius 2 is 1.72 bits per heavy atom. The lowest BCUT2D eigenvalue weighted by atomic mass is 9.74. The molecule has 0 aromatic heterocycles. The lowest BCUT2D eigenvalue weighted by molar-refractivity contribution is 0.182. The molecule has 2 nitrogen and oxygen atoms in total. The van der Waals surface area contributed by atoms with Crippen LogP contribution in [0, 0.1) is 5.92 Å². The van der Waals surface area contributed by atoms with Gasteiger partial charge in [-0.3, -0.25) is 0 Å². The molecule has 0 spiro atoms. The largest absolute Gasteiger partial charge is 0.508 e. The lowest BCUT2D eigenvalue weighted by Gasteiger charge is -2.31. The highest BCUT2D eigenvalue weighted by atomic mass is 16.3. The molecule has 2 N–H and O–H groups in total. The van der Waals surface area contributed by atoms with E-state index in [0.29, 0.717) is 0 Å². The van der Waals surface area contributed by atoms with Gasteiger partial charge in [0.1, 0.15) is 5.75 Å². The van der Waals surface area contributed by atoms with Crippen LogP contribution in [0.5, 0.6) is 5.75 Å². The molecule has 0 saturated carbocycles. The summed E-state index contributed by atoms with van der Waals surface area (Å²) in [6.45, 7) is 6.32. The number of phenols is 1. The Hall–Kier alpha value is -1.54. The quantitative estimate of drug-likeness (QED) is 0.839. The third-order valence-electron chi connectivity index (χ3n) is 3.76. The third kappa shape index (κ3) is 2.34. The molecule has 2 atom stereocenters. The molecule has 0 amide bonds. The predicted octanol–water partition coefficient (Wildman–Crippen LogP) is 3.16. The van der Waals surface area contributed by atoms with Crippen LogP contribution >= 0.6 is 0 Å². The summed E-state index contributed by atoms with van der Waals surface area (Å²) >= 11 is 0. The molecule has 18 heavy (non-hydrogen) atoms. The van der Waals surface area contributed by atoms with Gasteiger partial charge in [-0.25, -0.2) is 0 Å². The summed E-state index contributed by atoms with van der Waals surface area (Å²) in [4.78, 5) is 0. The van der Waals surface area contributed by atoms with Crippen LogP contribution in [0.15, 0.2) is 48.1 Å². The van der Waals surface area contributed by atoms with Gasteiger partial charge in [-0.15, -0.1) is 0 Å². The lowest BCUT2D eigenvalue weighted by Crippen LogP contribution is -2.25. The first-order chi connectivity index (χ1) is 8.41. The Kier molecular flexibility index (Phi) is 3.31. The molecule has 0 aliphatic heterocycles. The normalized spacial score (nSPS) is 23.9. The van der Waals surface area contributed by atoms with Crippen LogP contribution in [0.4, 0.5) is 0 Å². The first-order valence-electron chi connectivity index (χ1n) is 6.29. The van der Waals surface area contributed by atoms with Crippen LogP contribution in [0.1, 0.15) is 26.3 Å². The summed E-state index contributed by atoms with van der Waals surface area (Å²) in [5, 5.41) is 19.1. The number of aliphatic hydroxyl groups is 1. The second-order valence-electron chi connectivity index (χ2n) is 5.50. The van der Waals surface area contributed by atoms with Crippen molar-refractivity contribution in [2.24, 2.45) is 5.92 Å². The summed E-state index contributed by atoms with van der Waals surface area (Å²) in [6, 6.07) is 7.31. The summed E-state index contributed by atoms with van der Waals surface area (Å²) in [5.74, 6) is 0.424. The Labute approximate surface area is 108 Å². The Morgan fingerprint density at radius 1 is 1.11 bits per heavy atom. The number of hydrogen-bond acceptors (Lipinski definition) is 2. The van der Waals surface area contributed by atoms with Gasteiger partial charge in [0.05, 0.1) is 6.10 Å². The summed E-state index contributed by atoms with van der Waals surface area (Å²) in [5.41, 5.74) is 2.23. The predicted molar refractivity (Wildman–Crippen MR) is 73.5 cm³/mol. The second-order valence-corrected chi connectivity index (χ2v) is 5.50. The molecule has 2 unspecified atom stereocenters. The smallest absolute Gasteiger partial charge is 0.115 e. The topological polar surface area (TPSA) is 40.5 Å². The average Bonchev–Trinajstić information content (AvgIpc) is 2.33. The first-order valence-corrected chi connectivity index (χ1v) is 6.29. The van der Waals surface area contributed by atoms with E-state index < -0.39 is 0 Å². The van der Waals surface area contributed by atoms with Gasteiger partial charge >= 0.3 is 0 Å². The van der Waals surface area contributed by atoms with Crippen LogP contribution < -0.4 is 0 Å². The number of allylic oxidation sites excluding steroid dienone is 2. The maximum atomic E-state index is 9.70. The minimum atomic E-state index is -0.385. The maximum absolute atomic E-state index is 9.70. The molecule has 1 aliphatic rings. The molecule has 0 fully saturated rings. The molecule has 0 radical (unpaired) electrons. The van der Waals surface area contributed by atoms with Crippen LogP contribution in [-0.4, -0.2) is 16.3 Å². The fourth-order valence-corrected chi connectivity index (χ4v) is 2.28. The average molecular weight is 244 g/mol. The van der Waals surface area contributed by atoms with Crippen molar-refractivity contribution in [2.45, 2.75) is 32.3 Å². The highest BCUT2D eigenvalue weighted by Crippen LogP contribution is 2.35. The van der Waals surface area contributed by atoms with Gasteiger partial charge in [-0.1, -0.05) is 51.1 Å². The van der Waals surface area contributed by atoms with Gasteiger partial charge in [0.15, 0.2) is 0 Å². The number of benzene rings is 1. The van der Waals surface area contributed by atoms with Crippen molar-refractivity contribution in [3.05, 3.63) is 53.6 Å². The third-order valence-corrected chi connectivity index (χ3v) is 3.76. The molecule has 2 rings (SSSR count). The number of aliphatic hydroxyl groups excluding tert-OH is 1. The molecule has 96 valence electrons. The minimum absolute atomic E-state index is 0.126. The Bertz CT molecular complexity index is 480. The van der Waals surface area contributed by atoms with E-state index in [0.717, 1.165) is 5.56 Å². The first kappa shape index (κ1) is 12.9. The van der Waals surface area contributed by atoms with Crippen LogP contribution in [0.2, 0.25) is 0 Å². The van der Waals surface area contributed by atoms with Crippen LogP contribution in [0.3, 0.4) is 0 Å². The number of aromatic hydroxyl groups is 1. The fourth-order valence-electron chi connectivity index (χ4n) is 2.28. The van der Waals surface area contributed by atoms with Crippen LogP contribution in [0.25, 0.3) is 0 Å². The van der Waals surface area contributed by atoms with E-state index in [1.165, 1.54) is 5.57 Å². The highest BCUT2D eigenvalue weighted by molar-refractivity contribution is 5.43. The molecular formula is C16H20O2. The van der Waals surface area contributed by atoms with Crippen molar-refractivity contribution in [3.8, 4) is 5.75 Å². The van der Waals surface area contributed by atoms with Gasteiger partial charge in [-0.05, 0) is 23.3 Å². The van der Waals surface area contributed by atoms with Crippen molar-refractivity contribution in [2.75, 3.05) is 0 Å². The Balaban J connectivity index is 2.34. The van der Waals surface area contributed by atoms with Gasteiger partial charge in [0, 0.05) is 11.3 Å². The summed E-state index contributed by atoms with van der Waals surface area (Å²) in [6.07, 6.45) is 5.58. The van der Waals surface area contributed by atoms with Gasteiger partial charge in [0.25, 0.3) is 0 Å². The van der Waals surface area contributed by atoms with E-state index in [-0.39, 0.29) is 23.2 Å². The molecule has 0 heterocycles. The second kappa shape index (κ2) is 4.62. The summed E-state index contributed by atoms with van der Waals surface area (Å²) < 4.78 is 0. The van der Waals surface area contributed by atoms with Crippen LogP contribution in [-0.2, 0) is 5.41 Å². The van der Waals surface area contributed by atoms with E-state index in [1.807, 2.05) is 31.2 Å². The minimum Gasteiger partial charge on any atom is -0.508 e. The Morgan fingerprint density at radius 3 is 2.28 bits per heavy atom. The van der Waals surface area contributed by atoms with Crippen molar-refractivity contribution in [1.29, 1.82) is 0 Å². The zero-order valence-corrected chi connectivity index (χ0v) is 11.1. The number of hydrogen-bond donors (Lipinski definition) is 2. The van der Waals surface area contributed by atoms with E-state index in [9.17, 15) is 10.2 Å². The van der Waals surface area contributed by atoms with Crippen molar-refractivity contribution in [3.63, 3.8) is 0 Å². The highest BCUT2D eigenvalue weighted by Gasteiger charge is 2.27. The van der Waals surface area contributed by atoms with E-state index in [4.69, 9.17) is 0 Å². The van der Waals surface area contributed by atoms with Crippen molar-refractivity contribution in [1.82, 2.24) is 0 Å². The zero-order chi connectivity index (χ0) is 13.3. The van der Waals surface area contributed by atoms with Gasteiger partial charge in [0.2, 0.25) is 0 Å². The van der Waals surface area contributed by atoms with Crippen molar-refractivity contribution < 1.29 is 10.2 Å². The molecule has 2 heteroatoms. The SMILES string of the molecule is CC1C=C(C(C)(C)c2ccc(O)cc2)C=CC1O. The van der Waals surface area contributed by atoms with E-state index in [1.54, 1.807) is 12.1 Å². The molecule has 1 aromatic carbocycles. The molecule has 0 saturated heterocycles. The molecule has 1 aliphatic carbocycles. The van der Waals surface area contributed by atoms with E-state index in [2.05, 4.69) is 19.9 Å². The molecule has 1 aromatic rings. The standard InChI is InChI=1S/C16H20O2/c1-11-10-13(6-9-15(11)18)16(2,3)12-4-7-14(17)8-5-12/h4-11,15,17-18H,1-3H3.